The van der Waals surface area contributed by atoms with Crippen molar-refractivity contribution < 1.29 is 14.2 Å². The maximum Gasteiger partial charge on any atom is 0.216 e. The molecule has 3 rings (SSSR count). The summed E-state index contributed by atoms with van der Waals surface area (Å²) < 4.78 is 18.5. The molecule has 0 atom stereocenters. The predicted molar refractivity (Wildman–Crippen MR) is 101 cm³/mol. The number of ether oxygens (including phenoxy) is 3. The third-order valence-corrected chi connectivity index (χ3v) is 5.12. The van der Waals surface area contributed by atoms with Gasteiger partial charge in [-0.1, -0.05) is 0 Å². The quantitative estimate of drug-likeness (QED) is 0.760. The monoisotopic (exact) mass is 359 g/mol. The number of nitrogens with zero attached hydrogens (tertiary/aromatic N) is 3. The zero-order chi connectivity index (χ0) is 18.5. The molecule has 2 heterocycles. The highest BCUT2D eigenvalue weighted by Crippen LogP contribution is 2.26. The van der Waals surface area contributed by atoms with Crippen LogP contribution < -0.4 is 14.2 Å². The Morgan fingerprint density at radius 1 is 1.04 bits per heavy atom. The smallest absolute Gasteiger partial charge is 0.216 e. The second kappa shape index (κ2) is 8.45. The van der Waals surface area contributed by atoms with Crippen LogP contribution in [0.1, 0.15) is 24.1 Å². The summed E-state index contributed by atoms with van der Waals surface area (Å²) in [6.07, 6.45) is 2.30. The van der Waals surface area contributed by atoms with Gasteiger partial charge in [-0.25, -0.2) is 4.68 Å². The summed E-state index contributed by atoms with van der Waals surface area (Å²) in [6, 6.07) is 7.79. The van der Waals surface area contributed by atoms with Crippen LogP contribution in [0.3, 0.4) is 0 Å². The molecule has 142 valence electrons. The average Bonchev–Trinajstić information content (AvgIpc) is 2.94. The molecule has 6 heteroatoms. The van der Waals surface area contributed by atoms with Crippen molar-refractivity contribution in [3.05, 3.63) is 35.5 Å². The van der Waals surface area contributed by atoms with Crippen molar-refractivity contribution in [3.8, 4) is 17.4 Å². The van der Waals surface area contributed by atoms with Crippen molar-refractivity contribution in [3.63, 3.8) is 0 Å². The molecule has 0 aliphatic carbocycles. The number of aryl methyl sites for hydroxylation is 2. The van der Waals surface area contributed by atoms with E-state index in [1.54, 1.807) is 14.2 Å². The molecular weight excluding hydrogens is 330 g/mol. The van der Waals surface area contributed by atoms with E-state index in [0.717, 1.165) is 62.2 Å². The molecular formula is C20H29N3O3. The average molecular weight is 359 g/mol. The van der Waals surface area contributed by atoms with Gasteiger partial charge in [0.2, 0.25) is 5.88 Å². The normalized spacial score (nSPS) is 15.8. The van der Waals surface area contributed by atoms with Crippen molar-refractivity contribution in [2.24, 2.45) is 13.0 Å². The molecule has 1 saturated heterocycles. The minimum absolute atomic E-state index is 0.602. The molecule has 1 aromatic carbocycles. The zero-order valence-electron chi connectivity index (χ0n) is 16.2. The fraction of sp³-hybridized carbons (Fsp3) is 0.550. The first-order chi connectivity index (χ1) is 12.6. The number of benzene rings is 1. The van der Waals surface area contributed by atoms with E-state index in [0.29, 0.717) is 5.92 Å². The molecule has 0 saturated carbocycles. The molecule has 0 bridgehead atoms. The van der Waals surface area contributed by atoms with E-state index in [1.165, 1.54) is 5.56 Å². The van der Waals surface area contributed by atoms with E-state index in [2.05, 4.69) is 10.00 Å². The van der Waals surface area contributed by atoms with Crippen molar-refractivity contribution >= 4 is 0 Å². The standard InChI is InChI=1S/C20H29N3O3/c1-15-19(20(25-4)22(2)21-15)13-23-11-9-16(10-12-23)14-26-18-7-5-17(24-3)6-8-18/h5-8,16H,9-14H2,1-4H3. The van der Waals surface area contributed by atoms with Crippen LogP contribution >= 0.6 is 0 Å². The summed E-state index contributed by atoms with van der Waals surface area (Å²) in [4.78, 5) is 2.48. The lowest BCUT2D eigenvalue weighted by Crippen LogP contribution is -2.35. The molecule has 1 fully saturated rings. The molecule has 0 spiro atoms. The Bertz CT molecular complexity index is 704. The minimum atomic E-state index is 0.602. The van der Waals surface area contributed by atoms with Crippen molar-refractivity contribution in [2.75, 3.05) is 33.9 Å². The highest BCUT2D eigenvalue weighted by molar-refractivity contribution is 5.31. The van der Waals surface area contributed by atoms with Gasteiger partial charge in [-0.2, -0.15) is 5.10 Å². The first-order valence-corrected chi connectivity index (χ1v) is 9.16. The van der Waals surface area contributed by atoms with Crippen molar-refractivity contribution in [2.45, 2.75) is 26.3 Å². The number of hydrogen-bond donors (Lipinski definition) is 0. The molecule has 0 unspecified atom stereocenters. The van der Waals surface area contributed by atoms with E-state index in [1.807, 2.05) is 42.9 Å². The lowest BCUT2D eigenvalue weighted by molar-refractivity contribution is 0.135. The van der Waals surface area contributed by atoms with Gasteiger partial charge < -0.3 is 14.2 Å². The number of rotatable bonds is 7. The number of methoxy groups -OCH3 is 2. The zero-order valence-corrected chi connectivity index (χ0v) is 16.2. The fourth-order valence-corrected chi connectivity index (χ4v) is 3.54. The molecule has 1 aliphatic heterocycles. The minimum Gasteiger partial charge on any atom is -0.497 e. The lowest BCUT2D eigenvalue weighted by atomic mass is 9.97. The number of aromatic nitrogens is 2. The second-order valence-corrected chi connectivity index (χ2v) is 6.90. The van der Waals surface area contributed by atoms with Crippen LogP contribution in [-0.2, 0) is 13.6 Å². The first-order valence-electron chi connectivity index (χ1n) is 9.16. The number of hydrogen-bond acceptors (Lipinski definition) is 5. The molecule has 6 nitrogen and oxygen atoms in total. The van der Waals surface area contributed by atoms with E-state index >= 15 is 0 Å². The Kier molecular flexibility index (Phi) is 6.04. The highest BCUT2D eigenvalue weighted by atomic mass is 16.5. The van der Waals surface area contributed by atoms with Gasteiger partial charge in [0, 0.05) is 13.6 Å². The summed E-state index contributed by atoms with van der Waals surface area (Å²) in [5, 5.41) is 4.47. The van der Waals surface area contributed by atoms with Gasteiger partial charge in [0.1, 0.15) is 11.5 Å². The van der Waals surface area contributed by atoms with E-state index in [9.17, 15) is 0 Å². The Balaban J connectivity index is 1.47. The second-order valence-electron chi connectivity index (χ2n) is 6.90. The third kappa shape index (κ3) is 4.30. The van der Waals surface area contributed by atoms with Gasteiger partial charge in [0.05, 0.1) is 32.1 Å². The SMILES string of the molecule is COc1ccc(OCC2CCN(Cc3c(C)nn(C)c3OC)CC2)cc1. The van der Waals surface area contributed by atoms with Crippen LogP contribution in [0.25, 0.3) is 0 Å². The van der Waals surface area contributed by atoms with Gasteiger partial charge in [-0.15, -0.1) is 0 Å². The van der Waals surface area contributed by atoms with Gasteiger partial charge in [0.25, 0.3) is 0 Å². The van der Waals surface area contributed by atoms with Gasteiger partial charge >= 0.3 is 0 Å². The van der Waals surface area contributed by atoms with Crippen LogP contribution in [0.15, 0.2) is 24.3 Å². The summed E-state index contributed by atoms with van der Waals surface area (Å²) in [5.41, 5.74) is 2.25. The molecule has 2 aromatic rings. The largest absolute Gasteiger partial charge is 0.497 e. The van der Waals surface area contributed by atoms with Gasteiger partial charge in [-0.3, -0.25) is 4.90 Å². The maximum absolute atomic E-state index is 5.95. The van der Waals surface area contributed by atoms with E-state index in [4.69, 9.17) is 14.2 Å². The lowest BCUT2D eigenvalue weighted by Gasteiger charge is -2.31. The first kappa shape index (κ1) is 18.6. The molecule has 0 amide bonds. The summed E-state index contributed by atoms with van der Waals surface area (Å²) in [7, 11) is 5.31. The topological polar surface area (TPSA) is 48.8 Å². The summed E-state index contributed by atoms with van der Waals surface area (Å²) in [5.74, 6) is 3.23. The number of piperidine rings is 1. The van der Waals surface area contributed by atoms with E-state index < -0.39 is 0 Å². The van der Waals surface area contributed by atoms with Crippen LogP contribution in [0.5, 0.6) is 17.4 Å². The van der Waals surface area contributed by atoms with Gasteiger partial charge in [0.15, 0.2) is 0 Å². The van der Waals surface area contributed by atoms with Crippen molar-refractivity contribution in [1.82, 2.24) is 14.7 Å². The number of likely N-dealkylation sites (tertiary alicyclic amines) is 1. The fourth-order valence-electron chi connectivity index (χ4n) is 3.54. The van der Waals surface area contributed by atoms with Crippen LogP contribution in [0, 0.1) is 12.8 Å². The molecule has 0 N–H and O–H groups in total. The Morgan fingerprint density at radius 2 is 1.69 bits per heavy atom. The van der Waals surface area contributed by atoms with Gasteiger partial charge in [-0.05, 0) is 63.0 Å². The molecule has 1 aromatic heterocycles. The molecule has 26 heavy (non-hydrogen) atoms. The maximum atomic E-state index is 5.95. The Morgan fingerprint density at radius 3 is 2.31 bits per heavy atom. The highest BCUT2D eigenvalue weighted by Gasteiger charge is 2.23. The van der Waals surface area contributed by atoms with E-state index in [-0.39, 0.29) is 0 Å². The Hall–Kier alpha value is -2.21. The van der Waals surface area contributed by atoms with Crippen molar-refractivity contribution in [1.29, 1.82) is 0 Å². The Labute approximate surface area is 155 Å². The third-order valence-electron chi connectivity index (χ3n) is 5.12. The van der Waals surface area contributed by atoms with Crippen LogP contribution in [0.4, 0.5) is 0 Å². The summed E-state index contributed by atoms with van der Waals surface area (Å²) >= 11 is 0. The molecule has 0 radical (unpaired) electrons. The van der Waals surface area contributed by atoms with Crippen LogP contribution in [0.2, 0.25) is 0 Å². The molecule has 1 aliphatic rings. The summed E-state index contributed by atoms with van der Waals surface area (Å²) in [6.45, 7) is 5.87. The van der Waals surface area contributed by atoms with Crippen LogP contribution in [-0.4, -0.2) is 48.6 Å². The predicted octanol–water partition coefficient (Wildman–Crippen LogP) is 3.04.